The van der Waals surface area contributed by atoms with Crippen LogP contribution in [0.25, 0.3) is 21.1 Å². The number of nitrogens with zero attached hydrogens (tertiary/aromatic N) is 2. The third-order valence-electron chi connectivity index (χ3n) is 5.84. The fourth-order valence-electron chi connectivity index (χ4n) is 4.45. The Morgan fingerprint density at radius 3 is 2.77 bits per heavy atom. The topological polar surface area (TPSA) is 67.8 Å². The van der Waals surface area contributed by atoms with E-state index in [1.54, 1.807) is 29.0 Å². The minimum absolute atomic E-state index is 0.0279. The zero-order chi connectivity index (χ0) is 21.0. The first-order chi connectivity index (χ1) is 14.4. The molecule has 0 saturated carbocycles. The van der Waals surface area contributed by atoms with Crippen molar-refractivity contribution >= 4 is 44.2 Å². The highest BCUT2D eigenvalue weighted by molar-refractivity contribution is 7.98. The Morgan fingerprint density at radius 2 is 1.93 bits per heavy atom. The molecule has 0 saturated heterocycles. The van der Waals surface area contributed by atoms with Crippen LogP contribution in [0.15, 0.2) is 32.9 Å². The van der Waals surface area contributed by atoms with E-state index in [2.05, 4.69) is 4.98 Å². The fourth-order valence-corrected chi connectivity index (χ4v) is 6.63. The minimum atomic E-state index is 0.0279. The molecule has 1 aliphatic rings. The van der Waals surface area contributed by atoms with E-state index in [4.69, 9.17) is 4.98 Å². The number of fused-ring (bicyclic) bond motifs is 4. The van der Waals surface area contributed by atoms with Crippen LogP contribution in [0.4, 0.5) is 0 Å². The third kappa shape index (κ3) is 3.20. The number of pyridine rings is 1. The van der Waals surface area contributed by atoms with Crippen molar-refractivity contribution in [3.05, 3.63) is 66.0 Å². The zero-order valence-electron chi connectivity index (χ0n) is 17.3. The Labute approximate surface area is 182 Å². The monoisotopic (exact) mass is 437 g/mol. The highest BCUT2D eigenvalue weighted by Crippen LogP contribution is 2.34. The van der Waals surface area contributed by atoms with E-state index in [-0.39, 0.29) is 11.0 Å². The van der Waals surface area contributed by atoms with Gasteiger partial charge < -0.3 is 4.98 Å². The van der Waals surface area contributed by atoms with Gasteiger partial charge in [-0.25, -0.2) is 4.98 Å². The molecule has 3 heterocycles. The number of nitrogens with one attached hydrogen (secondary N) is 1. The van der Waals surface area contributed by atoms with Crippen molar-refractivity contribution in [2.75, 3.05) is 0 Å². The lowest BCUT2D eigenvalue weighted by atomic mass is 9.97. The summed E-state index contributed by atoms with van der Waals surface area (Å²) in [6.45, 7) is 4.00. The quantitative estimate of drug-likeness (QED) is 0.375. The molecular formula is C23H23N3O2S2. The standard InChI is InChI=1S/C23H23N3O2S2/c1-12-8-13(2)19-16(9-12)24-14(10-17(19)27)11-29-23-25-21-20(22(28)26(23)3)15-6-4-5-7-18(15)30-21/h8-10H,4-7,11H2,1-3H3,(H,24,27). The second-order valence-corrected chi connectivity index (χ2v) is 10.1. The molecule has 3 aromatic heterocycles. The number of benzene rings is 1. The Bertz CT molecular complexity index is 1430. The van der Waals surface area contributed by atoms with E-state index in [1.165, 1.54) is 28.6 Å². The van der Waals surface area contributed by atoms with Crippen LogP contribution in [-0.4, -0.2) is 14.5 Å². The number of aryl methyl sites for hydroxylation is 4. The molecule has 5 nitrogen and oxygen atoms in total. The first kappa shape index (κ1) is 19.6. The lowest BCUT2D eigenvalue weighted by molar-refractivity contribution is 0.695. The average molecular weight is 438 g/mol. The van der Waals surface area contributed by atoms with Crippen molar-refractivity contribution in [3.63, 3.8) is 0 Å². The molecule has 0 spiro atoms. The third-order valence-corrected chi connectivity index (χ3v) is 8.10. The van der Waals surface area contributed by atoms with Crippen LogP contribution in [0.5, 0.6) is 0 Å². The van der Waals surface area contributed by atoms with Crippen molar-refractivity contribution in [2.45, 2.75) is 50.4 Å². The van der Waals surface area contributed by atoms with Crippen LogP contribution in [0.2, 0.25) is 0 Å². The molecule has 0 amide bonds. The smallest absolute Gasteiger partial charge is 0.262 e. The number of thioether (sulfide) groups is 1. The van der Waals surface area contributed by atoms with Gasteiger partial charge in [-0.3, -0.25) is 14.2 Å². The van der Waals surface area contributed by atoms with Gasteiger partial charge in [0.1, 0.15) is 4.83 Å². The predicted octanol–water partition coefficient (Wildman–Crippen LogP) is 4.62. The van der Waals surface area contributed by atoms with Gasteiger partial charge >= 0.3 is 0 Å². The molecule has 0 atom stereocenters. The van der Waals surface area contributed by atoms with Crippen molar-refractivity contribution in [1.29, 1.82) is 0 Å². The van der Waals surface area contributed by atoms with Crippen LogP contribution in [-0.2, 0) is 25.6 Å². The van der Waals surface area contributed by atoms with E-state index in [9.17, 15) is 9.59 Å². The summed E-state index contributed by atoms with van der Waals surface area (Å²) >= 11 is 3.16. The van der Waals surface area contributed by atoms with Gasteiger partial charge in [-0.15, -0.1) is 11.3 Å². The maximum Gasteiger partial charge on any atom is 0.262 e. The van der Waals surface area contributed by atoms with Crippen LogP contribution in [0, 0.1) is 13.8 Å². The van der Waals surface area contributed by atoms with Crippen molar-refractivity contribution in [2.24, 2.45) is 7.05 Å². The minimum Gasteiger partial charge on any atom is -0.357 e. The summed E-state index contributed by atoms with van der Waals surface area (Å²) in [5.74, 6) is 0.551. The molecule has 1 aromatic carbocycles. The van der Waals surface area contributed by atoms with Gasteiger partial charge in [0.2, 0.25) is 0 Å². The Hall–Kier alpha value is -2.38. The Kier molecular flexibility index (Phi) is 4.82. The normalized spacial score (nSPS) is 13.8. The van der Waals surface area contributed by atoms with Crippen molar-refractivity contribution in [3.8, 4) is 0 Å². The lowest BCUT2D eigenvalue weighted by Crippen LogP contribution is -2.20. The van der Waals surface area contributed by atoms with E-state index < -0.39 is 0 Å². The first-order valence-electron chi connectivity index (χ1n) is 10.2. The van der Waals surface area contributed by atoms with Crippen molar-refractivity contribution in [1.82, 2.24) is 14.5 Å². The summed E-state index contributed by atoms with van der Waals surface area (Å²) in [6, 6.07) is 5.70. The van der Waals surface area contributed by atoms with Gasteiger partial charge in [0.05, 0.1) is 10.9 Å². The molecule has 1 N–H and O–H groups in total. The summed E-state index contributed by atoms with van der Waals surface area (Å²) in [5, 5.41) is 2.24. The largest absolute Gasteiger partial charge is 0.357 e. The molecule has 0 bridgehead atoms. The lowest BCUT2D eigenvalue weighted by Gasteiger charge is -2.11. The maximum absolute atomic E-state index is 13.1. The molecule has 0 fully saturated rings. The first-order valence-corrected chi connectivity index (χ1v) is 12.0. The molecule has 1 aliphatic carbocycles. The summed E-state index contributed by atoms with van der Waals surface area (Å²) in [6.07, 6.45) is 4.37. The van der Waals surface area contributed by atoms with E-state index in [0.29, 0.717) is 10.9 Å². The number of hydrogen-bond acceptors (Lipinski definition) is 5. The Balaban J connectivity index is 1.52. The number of hydrogen-bond donors (Lipinski definition) is 1. The predicted molar refractivity (Wildman–Crippen MR) is 125 cm³/mol. The van der Waals surface area contributed by atoms with Gasteiger partial charge in [0.25, 0.3) is 5.56 Å². The number of rotatable bonds is 3. The molecule has 30 heavy (non-hydrogen) atoms. The average Bonchev–Trinajstić information content (AvgIpc) is 3.07. The van der Waals surface area contributed by atoms with E-state index in [0.717, 1.165) is 57.2 Å². The summed E-state index contributed by atoms with van der Waals surface area (Å²) in [5.41, 5.74) is 5.09. The van der Waals surface area contributed by atoms with E-state index in [1.807, 2.05) is 26.0 Å². The molecule has 4 aromatic rings. The second-order valence-electron chi connectivity index (χ2n) is 8.10. The molecule has 154 valence electrons. The molecular weight excluding hydrogens is 414 g/mol. The van der Waals surface area contributed by atoms with Gasteiger partial charge in [0.15, 0.2) is 10.6 Å². The van der Waals surface area contributed by atoms with Gasteiger partial charge in [0, 0.05) is 34.8 Å². The molecule has 7 heteroatoms. The van der Waals surface area contributed by atoms with Crippen LogP contribution >= 0.6 is 23.1 Å². The molecule has 0 radical (unpaired) electrons. The molecule has 5 rings (SSSR count). The van der Waals surface area contributed by atoms with Crippen molar-refractivity contribution < 1.29 is 0 Å². The van der Waals surface area contributed by atoms with Gasteiger partial charge in [-0.1, -0.05) is 17.8 Å². The Morgan fingerprint density at radius 1 is 1.13 bits per heavy atom. The van der Waals surface area contributed by atoms with Crippen LogP contribution in [0.3, 0.4) is 0 Å². The second kappa shape index (κ2) is 7.39. The van der Waals surface area contributed by atoms with Crippen LogP contribution < -0.4 is 11.0 Å². The number of aromatic nitrogens is 3. The number of aromatic amines is 1. The molecule has 0 unspecified atom stereocenters. The summed E-state index contributed by atoms with van der Waals surface area (Å²) < 4.78 is 1.65. The fraction of sp³-hybridized carbons (Fsp3) is 0.348. The zero-order valence-corrected chi connectivity index (χ0v) is 18.9. The highest BCUT2D eigenvalue weighted by Gasteiger charge is 2.21. The number of thiophene rings is 1. The van der Waals surface area contributed by atoms with E-state index >= 15 is 0 Å². The van der Waals surface area contributed by atoms with Gasteiger partial charge in [-0.05, 0) is 62.3 Å². The highest BCUT2D eigenvalue weighted by atomic mass is 32.2. The summed E-state index contributed by atoms with van der Waals surface area (Å²) in [7, 11) is 1.79. The van der Waals surface area contributed by atoms with Crippen LogP contribution in [0.1, 0.15) is 40.1 Å². The summed E-state index contributed by atoms with van der Waals surface area (Å²) in [4.78, 5) is 36.1. The SMILES string of the molecule is Cc1cc(C)c2c(=O)cc(CSc3nc4sc5c(c4c(=O)n3C)CCCC5)[nH]c2c1. The van der Waals surface area contributed by atoms with Gasteiger partial charge in [-0.2, -0.15) is 0 Å². The molecule has 0 aliphatic heterocycles. The maximum atomic E-state index is 13.1. The number of H-pyrrole nitrogens is 1.